The summed E-state index contributed by atoms with van der Waals surface area (Å²) in [7, 11) is 0. The van der Waals surface area contributed by atoms with Crippen LogP contribution in [0.5, 0.6) is 0 Å². The highest BCUT2D eigenvalue weighted by Crippen LogP contribution is 2.22. The van der Waals surface area contributed by atoms with Crippen molar-refractivity contribution in [1.29, 1.82) is 0 Å². The van der Waals surface area contributed by atoms with Gasteiger partial charge in [-0.15, -0.1) is 0 Å². The van der Waals surface area contributed by atoms with E-state index in [1.807, 2.05) is 6.92 Å². The summed E-state index contributed by atoms with van der Waals surface area (Å²) in [6.07, 6.45) is 4.07. The molecule has 2 N–H and O–H groups in total. The molecule has 0 fully saturated rings. The van der Waals surface area contributed by atoms with E-state index < -0.39 is 23.2 Å². The Morgan fingerprint density at radius 1 is 1.32 bits per heavy atom. The largest absolute Gasteiger partial charge is 0.478 e. The summed E-state index contributed by atoms with van der Waals surface area (Å²) in [5.41, 5.74) is -0.645. The van der Waals surface area contributed by atoms with Gasteiger partial charge in [-0.1, -0.05) is 26.2 Å². The Kier molecular flexibility index (Phi) is 5.73. The molecule has 0 heterocycles. The molecule has 19 heavy (non-hydrogen) atoms. The number of halogens is 2. The van der Waals surface area contributed by atoms with Crippen LogP contribution in [0.25, 0.3) is 0 Å². The minimum Gasteiger partial charge on any atom is -0.478 e. The molecule has 1 rings (SSSR count). The van der Waals surface area contributed by atoms with E-state index >= 15 is 0 Å². The summed E-state index contributed by atoms with van der Waals surface area (Å²) in [5, 5.41) is 11.5. The zero-order chi connectivity index (χ0) is 14.4. The molecule has 1 aromatic rings. The molecule has 0 saturated carbocycles. The average Bonchev–Trinajstić information content (AvgIpc) is 2.35. The summed E-state index contributed by atoms with van der Waals surface area (Å²) < 4.78 is 27.1. The van der Waals surface area contributed by atoms with Crippen LogP contribution in [-0.4, -0.2) is 17.1 Å². The quantitative estimate of drug-likeness (QED) is 0.736. The molecule has 3 nitrogen and oxygen atoms in total. The maximum atomic E-state index is 13.7. The molecular weight excluding hydrogens is 252 g/mol. The molecule has 0 spiro atoms. The second-order valence-corrected chi connectivity index (χ2v) is 4.63. The molecule has 0 radical (unpaired) electrons. The highest BCUT2D eigenvalue weighted by atomic mass is 19.2. The Hall–Kier alpha value is -1.65. The van der Waals surface area contributed by atoms with Crippen molar-refractivity contribution in [3.8, 4) is 0 Å². The highest BCUT2D eigenvalue weighted by molar-refractivity contribution is 5.88. The van der Waals surface area contributed by atoms with Crippen molar-refractivity contribution in [2.45, 2.75) is 45.6 Å². The Balaban J connectivity index is 2.74. The lowest BCUT2D eigenvalue weighted by Gasteiger charge is -2.16. The molecule has 1 unspecified atom stereocenters. The van der Waals surface area contributed by atoms with Crippen LogP contribution in [0.15, 0.2) is 12.1 Å². The second-order valence-electron chi connectivity index (χ2n) is 4.63. The summed E-state index contributed by atoms with van der Waals surface area (Å²) in [5.74, 6) is -3.93. The van der Waals surface area contributed by atoms with Gasteiger partial charge in [-0.25, -0.2) is 13.6 Å². The Labute approximate surface area is 111 Å². The third-order valence-electron chi connectivity index (χ3n) is 2.96. The summed E-state index contributed by atoms with van der Waals surface area (Å²) in [6.45, 7) is 3.98. The number of benzene rings is 1. The molecule has 0 aliphatic rings. The van der Waals surface area contributed by atoms with Crippen LogP contribution in [0.3, 0.4) is 0 Å². The molecule has 106 valence electrons. The lowest BCUT2D eigenvalue weighted by atomic mass is 10.1. The van der Waals surface area contributed by atoms with Crippen LogP contribution in [0, 0.1) is 11.6 Å². The van der Waals surface area contributed by atoms with Gasteiger partial charge in [-0.2, -0.15) is 0 Å². The van der Waals surface area contributed by atoms with Crippen molar-refractivity contribution < 1.29 is 18.7 Å². The second kappa shape index (κ2) is 7.07. The van der Waals surface area contributed by atoms with Crippen molar-refractivity contribution in [3.05, 3.63) is 29.3 Å². The molecule has 1 atom stereocenters. The molecule has 5 heteroatoms. The predicted molar refractivity (Wildman–Crippen MR) is 70.5 cm³/mol. The fraction of sp³-hybridized carbons (Fsp3) is 0.500. The van der Waals surface area contributed by atoms with Crippen LogP contribution in [0.2, 0.25) is 0 Å². The van der Waals surface area contributed by atoms with Gasteiger partial charge in [0.05, 0.1) is 11.3 Å². The first kappa shape index (κ1) is 15.4. The van der Waals surface area contributed by atoms with Gasteiger partial charge in [0.15, 0.2) is 11.6 Å². The number of anilines is 1. The van der Waals surface area contributed by atoms with Crippen molar-refractivity contribution in [2.75, 3.05) is 5.32 Å². The van der Waals surface area contributed by atoms with Gasteiger partial charge in [0.1, 0.15) is 0 Å². The van der Waals surface area contributed by atoms with Crippen molar-refractivity contribution in [2.24, 2.45) is 0 Å². The number of nitrogens with one attached hydrogen (secondary N) is 1. The molecule has 0 saturated heterocycles. The van der Waals surface area contributed by atoms with Gasteiger partial charge in [-0.3, -0.25) is 0 Å². The normalized spacial score (nSPS) is 12.2. The van der Waals surface area contributed by atoms with Gasteiger partial charge in [0, 0.05) is 6.04 Å². The number of unbranched alkanes of at least 4 members (excludes halogenated alkanes) is 2. The summed E-state index contributed by atoms with van der Waals surface area (Å²) in [6, 6.07) is 2.34. The van der Waals surface area contributed by atoms with Crippen LogP contribution < -0.4 is 5.32 Å². The molecule has 0 aliphatic carbocycles. The van der Waals surface area contributed by atoms with E-state index in [-0.39, 0.29) is 11.7 Å². The lowest BCUT2D eigenvalue weighted by Crippen LogP contribution is -2.17. The van der Waals surface area contributed by atoms with Gasteiger partial charge in [0.2, 0.25) is 0 Å². The van der Waals surface area contributed by atoms with E-state index in [2.05, 4.69) is 12.2 Å². The zero-order valence-electron chi connectivity index (χ0n) is 11.2. The first-order valence-electron chi connectivity index (χ1n) is 6.45. The van der Waals surface area contributed by atoms with Crippen LogP contribution >= 0.6 is 0 Å². The highest BCUT2D eigenvalue weighted by Gasteiger charge is 2.18. The lowest BCUT2D eigenvalue weighted by molar-refractivity contribution is 0.0690. The van der Waals surface area contributed by atoms with Gasteiger partial charge in [0.25, 0.3) is 0 Å². The number of rotatable bonds is 7. The minimum absolute atomic E-state index is 0.00602. The molecular formula is C14H19F2NO2. The number of hydrogen-bond donors (Lipinski definition) is 2. The first-order chi connectivity index (χ1) is 8.97. The van der Waals surface area contributed by atoms with Gasteiger partial charge in [-0.05, 0) is 25.5 Å². The smallest absolute Gasteiger partial charge is 0.338 e. The van der Waals surface area contributed by atoms with E-state index in [9.17, 15) is 13.6 Å². The molecule has 0 bridgehead atoms. The van der Waals surface area contributed by atoms with E-state index in [1.165, 1.54) is 6.07 Å². The van der Waals surface area contributed by atoms with E-state index in [1.54, 1.807) is 0 Å². The number of aromatic carboxylic acids is 1. The Bertz CT molecular complexity index is 449. The molecule has 0 aliphatic heterocycles. The van der Waals surface area contributed by atoms with Crippen molar-refractivity contribution in [1.82, 2.24) is 0 Å². The topological polar surface area (TPSA) is 49.3 Å². The maximum absolute atomic E-state index is 13.7. The van der Waals surface area contributed by atoms with E-state index in [4.69, 9.17) is 5.11 Å². The van der Waals surface area contributed by atoms with Crippen LogP contribution in [0.1, 0.15) is 49.9 Å². The van der Waals surface area contributed by atoms with E-state index in [0.717, 1.165) is 31.7 Å². The van der Waals surface area contributed by atoms with Gasteiger partial charge < -0.3 is 10.4 Å². The summed E-state index contributed by atoms with van der Waals surface area (Å²) >= 11 is 0. The number of hydrogen-bond acceptors (Lipinski definition) is 2. The number of carboxylic acid groups (broad SMARTS) is 1. The van der Waals surface area contributed by atoms with E-state index in [0.29, 0.717) is 0 Å². The fourth-order valence-corrected chi connectivity index (χ4v) is 1.86. The van der Waals surface area contributed by atoms with Crippen LogP contribution in [-0.2, 0) is 0 Å². The Morgan fingerprint density at radius 3 is 2.58 bits per heavy atom. The maximum Gasteiger partial charge on any atom is 0.338 e. The monoisotopic (exact) mass is 271 g/mol. The third kappa shape index (κ3) is 4.19. The van der Waals surface area contributed by atoms with Crippen molar-refractivity contribution >= 4 is 11.7 Å². The molecule has 1 aromatic carbocycles. The SMILES string of the molecule is CCCCCC(C)Nc1ccc(C(=O)O)c(F)c1F. The standard InChI is InChI=1S/C14H19F2NO2/c1-3-4-5-6-9(2)17-11-8-7-10(14(18)19)12(15)13(11)16/h7-9,17H,3-6H2,1-2H3,(H,18,19). The zero-order valence-corrected chi connectivity index (χ0v) is 11.2. The number of carbonyl (C=O) groups is 1. The van der Waals surface area contributed by atoms with Crippen LogP contribution in [0.4, 0.5) is 14.5 Å². The molecule has 0 amide bonds. The Morgan fingerprint density at radius 2 is 2.00 bits per heavy atom. The summed E-state index contributed by atoms with van der Waals surface area (Å²) in [4.78, 5) is 10.7. The van der Waals surface area contributed by atoms with Crippen molar-refractivity contribution in [3.63, 3.8) is 0 Å². The fourth-order valence-electron chi connectivity index (χ4n) is 1.86. The predicted octanol–water partition coefficient (Wildman–Crippen LogP) is 4.04. The minimum atomic E-state index is -1.47. The third-order valence-corrected chi connectivity index (χ3v) is 2.96. The number of carboxylic acids is 1. The molecule has 0 aromatic heterocycles. The first-order valence-corrected chi connectivity index (χ1v) is 6.45. The van der Waals surface area contributed by atoms with Gasteiger partial charge >= 0.3 is 5.97 Å². The average molecular weight is 271 g/mol.